The Kier molecular flexibility index (Phi) is 6.94. The Balaban J connectivity index is 1.67. The molecule has 108 valence electrons. The minimum atomic E-state index is 0.772. The molecule has 0 heterocycles. The SMILES string of the molecule is Clc1ccc(C=CCSCC=Cc2ccc(Cl)cc2)cc1. The van der Waals surface area contributed by atoms with Gasteiger partial charge in [-0.15, -0.1) is 0 Å². The van der Waals surface area contributed by atoms with Gasteiger partial charge in [-0.25, -0.2) is 0 Å². The molecule has 0 aromatic heterocycles. The van der Waals surface area contributed by atoms with Crippen molar-refractivity contribution < 1.29 is 0 Å². The maximum Gasteiger partial charge on any atom is 0.0406 e. The molecule has 2 rings (SSSR count). The van der Waals surface area contributed by atoms with Crippen molar-refractivity contribution in [1.82, 2.24) is 0 Å². The van der Waals surface area contributed by atoms with Crippen molar-refractivity contribution in [1.29, 1.82) is 0 Å². The van der Waals surface area contributed by atoms with Crippen LogP contribution >= 0.6 is 35.0 Å². The summed E-state index contributed by atoms with van der Waals surface area (Å²) in [4.78, 5) is 0. The van der Waals surface area contributed by atoms with Crippen molar-refractivity contribution in [2.24, 2.45) is 0 Å². The summed E-state index contributed by atoms with van der Waals surface area (Å²) in [5.41, 5.74) is 2.36. The second-order valence-electron chi connectivity index (χ2n) is 4.45. The molecule has 0 unspecified atom stereocenters. The fourth-order valence-corrected chi connectivity index (χ4v) is 2.57. The van der Waals surface area contributed by atoms with Gasteiger partial charge in [0.25, 0.3) is 0 Å². The van der Waals surface area contributed by atoms with Gasteiger partial charge in [-0.05, 0) is 35.4 Å². The van der Waals surface area contributed by atoms with Gasteiger partial charge >= 0.3 is 0 Å². The minimum absolute atomic E-state index is 0.772. The van der Waals surface area contributed by atoms with Crippen LogP contribution < -0.4 is 0 Å². The van der Waals surface area contributed by atoms with Crippen LogP contribution in [-0.4, -0.2) is 11.5 Å². The van der Waals surface area contributed by atoms with Crippen molar-refractivity contribution >= 4 is 47.1 Å². The highest BCUT2D eigenvalue weighted by Gasteiger charge is 1.89. The van der Waals surface area contributed by atoms with E-state index in [0.29, 0.717) is 0 Å². The first-order valence-electron chi connectivity index (χ1n) is 6.66. The minimum Gasteiger partial charge on any atom is -0.154 e. The van der Waals surface area contributed by atoms with Gasteiger partial charge in [0.2, 0.25) is 0 Å². The first kappa shape index (κ1) is 16.2. The first-order chi connectivity index (χ1) is 10.2. The van der Waals surface area contributed by atoms with Crippen LogP contribution in [0.15, 0.2) is 60.7 Å². The lowest BCUT2D eigenvalue weighted by molar-refractivity contribution is 1.63. The summed E-state index contributed by atoms with van der Waals surface area (Å²) >= 11 is 13.6. The van der Waals surface area contributed by atoms with Gasteiger partial charge in [-0.3, -0.25) is 0 Å². The third-order valence-corrected chi connectivity index (χ3v) is 4.15. The quantitative estimate of drug-likeness (QED) is 0.546. The molecule has 0 spiro atoms. The molecule has 0 fully saturated rings. The molecular weight excluding hydrogens is 319 g/mol. The van der Waals surface area contributed by atoms with Crippen molar-refractivity contribution in [3.63, 3.8) is 0 Å². The Morgan fingerprint density at radius 2 is 1.05 bits per heavy atom. The van der Waals surface area contributed by atoms with Crippen LogP contribution in [0.4, 0.5) is 0 Å². The van der Waals surface area contributed by atoms with Gasteiger partial charge < -0.3 is 0 Å². The van der Waals surface area contributed by atoms with Crippen LogP contribution in [0.2, 0.25) is 10.0 Å². The summed E-state index contributed by atoms with van der Waals surface area (Å²) in [7, 11) is 0. The molecular formula is C18H16Cl2S. The van der Waals surface area contributed by atoms with Gasteiger partial charge in [0, 0.05) is 21.6 Å². The van der Waals surface area contributed by atoms with Gasteiger partial charge in [-0.2, -0.15) is 11.8 Å². The summed E-state index contributed by atoms with van der Waals surface area (Å²) < 4.78 is 0. The van der Waals surface area contributed by atoms with E-state index in [1.165, 1.54) is 11.1 Å². The highest BCUT2D eigenvalue weighted by atomic mass is 35.5. The predicted molar refractivity (Wildman–Crippen MR) is 98.3 cm³/mol. The van der Waals surface area contributed by atoms with Crippen LogP contribution in [0.3, 0.4) is 0 Å². The van der Waals surface area contributed by atoms with E-state index in [-0.39, 0.29) is 0 Å². The molecule has 0 bridgehead atoms. The first-order valence-corrected chi connectivity index (χ1v) is 8.57. The van der Waals surface area contributed by atoms with E-state index < -0.39 is 0 Å². The fourth-order valence-electron chi connectivity index (χ4n) is 1.72. The molecule has 3 heteroatoms. The highest BCUT2D eigenvalue weighted by Crippen LogP contribution is 2.13. The summed E-state index contributed by atoms with van der Waals surface area (Å²) in [5.74, 6) is 1.99. The maximum absolute atomic E-state index is 5.85. The number of benzene rings is 2. The Labute approximate surface area is 140 Å². The second kappa shape index (κ2) is 8.99. The average molecular weight is 335 g/mol. The van der Waals surface area contributed by atoms with Gasteiger partial charge in [0.05, 0.1) is 0 Å². The van der Waals surface area contributed by atoms with E-state index >= 15 is 0 Å². The Morgan fingerprint density at radius 3 is 1.43 bits per heavy atom. The average Bonchev–Trinajstić information content (AvgIpc) is 2.50. The zero-order chi connectivity index (χ0) is 14.9. The summed E-state index contributed by atoms with van der Waals surface area (Å²) in [6, 6.07) is 15.7. The van der Waals surface area contributed by atoms with E-state index in [1.54, 1.807) is 0 Å². The largest absolute Gasteiger partial charge is 0.154 e. The lowest BCUT2D eigenvalue weighted by Crippen LogP contribution is -1.76. The molecule has 0 nitrogen and oxygen atoms in total. The monoisotopic (exact) mass is 334 g/mol. The Hall–Kier alpha value is -1.15. The Bertz CT molecular complexity index is 543. The number of rotatable bonds is 6. The molecule has 0 aliphatic carbocycles. The standard InChI is InChI=1S/C18H16Cl2S/c19-17-9-5-15(6-10-17)3-1-13-21-14-2-4-16-7-11-18(20)12-8-16/h1-12H,13-14H2. The predicted octanol–water partition coefficient (Wildman–Crippen LogP) is 6.45. The van der Waals surface area contributed by atoms with Crippen LogP contribution in [0.25, 0.3) is 12.2 Å². The van der Waals surface area contributed by atoms with Crippen LogP contribution in [-0.2, 0) is 0 Å². The zero-order valence-corrected chi connectivity index (χ0v) is 13.8. The third-order valence-electron chi connectivity index (χ3n) is 2.79. The lowest BCUT2D eigenvalue weighted by atomic mass is 10.2. The van der Waals surface area contributed by atoms with Gasteiger partial charge in [0.1, 0.15) is 0 Å². The number of thioether (sulfide) groups is 1. The van der Waals surface area contributed by atoms with Crippen LogP contribution in [0, 0.1) is 0 Å². The van der Waals surface area contributed by atoms with Gasteiger partial charge in [-0.1, -0.05) is 71.8 Å². The van der Waals surface area contributed by atoms with Crippen molar-refractivity contribution in [3.05, 3.63) is 81.9 Å². The molecule has 0 amide bonds. The maximum atomic E-state index is 5.85. The van der Waals surface area contributed by atoms with Crippen LogP contribution in [0.5, 0.6) is 0 Å². The molecule has 0 N–H and O–H groups in total. The third kappa shape index (κ3) is 6.43. The second-order valence-corrected chi connectivity index (χ2v) is 6.39. The zero-order valence-electron chi connectivity index (χ0n) is 11.5. The van der Waals surface area contributed by atoms with E-state index in [0.717, 1.165) is 21.6 Å². The van der Waals surface area contributed by atoms with E-state index in [9.17, 15) is 0 Å². The molecule has 0 saturated heterocycles. The van der Waals surface area contributed by atoms with E-state index in [1.807, 2.05) is 60.3 Å². The highest BCUT2D eigenvalue weighted by molar-refractivity contribution is 7.99. The molecule has 0 saturated carbocycles. The Morgan fingerprint density at radius 1 is 0.667 bits per heavy atom. The molecule has 0 aliphatic rings. The molecule has 2 aromatic carbocycles. The fraction of sp³-hybridized carbons (Fsp3) is 0.111. The molecule has 0 radical (unpaired) electrons. The van der Waals surface area contributed by atoms with Crippen molar-refractivity contribution in [2.45, 2.75) is 0 Å². The summed E-state index contributed by atoms with van der Waals surface area (Å²) in [6.07, 6.45) is 8.58. The molecule has 0 aliphatic heterocycles. The molecule has 2 aromatic rings. The molecule has 0 atom stereocenters. The summed E-state index contributed by atoms with van der Waals surface area (Å²) in [5, 5.41) is 1.54. The van der Waals surface area contributed by atoms with Crippen LogP contribution in [0.1, 0.15) is 11.1 Å². The lowest BCUT2D eigenvalue weighted by Gasteiger charge is -1.95. The van der Waals surface area contributed by atoms with E-state index in [4.69, 9.17) is 23.2 Å². The topological polar surface area (TPSA) is 0 Å². The number of hydrogen-bond acceptors (Lipinski definition) is 1. The number of halogens is 2. The van der Waals surface area contributed by atoms with Crippen molar-refractivity contribution in [3.8, 4) is 0 Å². The number of hydrogen-bond donors (Lipinski definition) is 0. The molecule has 21 heavy (non-hydrogen) atoms. The van der Waals surface area contributed by atoms with Crippen molar-refractivity contribution in [2.75, 3.05) is 11.5 Å². The van der Waals surface area contributed by atoms with Gasteiger partial charge in [0.15, 0.2) is 0 Å². The smallest absolute Gasteiger partial charge is 0.0406 e. The normalized spacial score (nSPS) is 11.5. The summed E-state index contributed by atoms with van der Waals surface area (Å²) in [6.45, 7) is 0. The van der Waals surface area contributed by atoms with E-state index in [2.05, 4.69) is 24.3 Å².